The Hall–Kier alpha value is -0.470. The second-order valence-electron chi connectivity index (χ2n) is 2.04. The van der Waals surface area contributed by atoms with Crippen LogP contribution in [0.5, 0.6) is 0 Å². The molecule has 0 amide bonds. The van der Waals surface area contributed by atoms with Crippen LogP contribution in [0.1, 0.15) is 13.3 Å². The first-order valence-electron chi connectivity index (χ1n) is 3.54. The maximum Gasteiger partial charge on any atom is 0.428 e. The van der Waals surface area contributed by atoms with Gasteiger partial charge in [-0.2, -0.15) is 8.42 Å². The van der Waals surface area contributed by atoms with Crippen LogP contribution in [0.25, 0.3) is 0 Å². The fourth-order valence-electron chi connectivity index (χ4n) is 0.538. The minimum atomic E-state index is -4.36. The molecule has 0 aromatic carbocycles. The van der Waals surface area contributed by atoms with Crippen molar-refractivity contribution in [3.63, 3.8) is 0 Å². The number of hydrogen-bond acceptors (Lipinski definition) is 6. The van der Waals surface area contributed by atoms with Crippen molar-refractivity contribution in [1.82, 2.24) is 0 Å². The van der Waals surface area contributed by atoms with Gasteiger partial charge in [0.1, 0.15) is 0 Å². The molecule has 6 nitrogen and oxygen atoms in total. The molecule has 0 radical (unpaired) electrons. The van der Waals surface area contributed by atoms with Crippen LogP contribution in [0.15, 0.2) is 12.7 Å². The molecule has 0 aliphatic heterocycles. The zero-order chi connectivity index (χ0) is 10.3. The lowest BCUT2D eigenvalue weighted by molar-refractivity contribution is -0.160. The minimum Gasteiger partial charge on any atom is -0.347 e. The first kappa shape index (κ1) is 12.5. The highest BCUT2D eigenvalue weighted by Crippen LogP contribution is 2.06. The van der Waals surface area contributed by atoms with Crippen molar-refractivity contribution in [3.05, 3.63) is 12.7 Å². The molecular weight excluding hydrogens is 200 g/mol. The average Bonchev–Trinajstić information content (AvgIpc) is 2.12. The summed E-state index contributed by atoms with van der Waals surface area (Å²) >= 11 is 0. The van der Waals surface area contributed by atoms with E-state index in [0.29, 0.717) is 6.42 Å². The predicted octanol–water partition coefficient (Wildman–Crippen LogP) is 0.676. The number of hydrogen-bond donors (Lipinski definition) is 1. The van der Waals surface area contributed by atoms with E-state index in [0.717, 1.165) is 0 Å². The Morgan fingerprint density at radius 2 is 2.23 bits per heavy atom. The standard InChI is InChI=1S/C6H12O6S/c1-3-5-10-6(4-2)11-13(8,9)12-7/h3,6-7H,1,4-5H2,2H3. The molecule has 0 rings (SSSR count). The van der Waals surface area contributed by atoms with Crippen LogP contribution in [0.2, 0.25) is 0 Å². The third-order valence-corrected chi connectivity index (χ3v) is 1.68. The van der Waals surface area contributed by atoms with Crippen molar-refractivity contribution < 1.29 is 26.9 Å². The summed E-state index contributed by atoms with van der Waals surface area (Å²) in [5.41, 5.74) is 0. The van der Waals surface area contributed by atoms with E-state index in [1.165, 1.54) is 6.08 Å². The molecule has 0 spiro atoms. The summed E-state index contributed by atoms with van der Waals surface area (Å²) in [5.74, 6) is 0. The van der Waals surface area contributed by atoms with E-state index in [-0.39, 0.29) is 6.61 Å². The van der Waals surface area contributed by atoms with Gasteiger partial charge >= 0.3 is 10.4 Å². The summed E-state index contributed by atoms with van der Waals surface area (Å²) in [4.78, 5) is 0. The van der Waals surface area contributed by atoms with Gasteiger partial charge < -0.3 is 4.74 Å². The molecule has 78 valence electrons. The van der Waals surface area contributed by atoms with Gasteiger partial charge in [-0.15, -0.1) is 6.58 Å². The molecular formula is C6H12O6S. The number of ether oxygens (including phenoxy) is 1. The summed E-state index contributed by atoms with van der Waals surface area (Å²) in [6.07, 6.45) is 0.768. The lowest BCUT2D eigenvalue weighted by Crippen LogP contribution is -2.21. The highest BCUT2D eigenvalue weighted by molar-refractivity contribution is 7.81. The molecule has 0 aliphatic rings. The highest BCUT2D eigenvalue weighted by atomic mass is 32.3. The van der Waals surface area contributed by atoms with Crippen LogP contribution in [0.4, 0.5) is 0 Å². The largest absolute Gasteiger partial charge is 0.428 e. The summed E-state index contributed by atoms with van der Waals surface area (Å²) in [5, 5.41) is 7.88. The van der Waals surface area contributed by atoms with E-state index in [2.05, 4.69) is 15.1 Å². The van der Waals surface area contributed by atoms with E-state index in [9.17, 15) is 8.42 Å². The Kier molecular flexibility index (Phi) is 5.84. The molecule has 13 heavy (non-hydrogen) atoms. The smallest absolute Gasteiger partial charge is 0.347 e. The van der Waals surface area contributed by atoms with Gasteiger partial charge in [-0.1, -0.05) is 17.3 Å². The lowest BCUT2D eigenvalue weighted by Gasteiger charge is -2.13. The monoisotopic (exact) mass is 212 g/mol. The van der Waals surface area contributed by atoms with Crippen LogP contribution in [0, 0.1) is 0 Å². The van der Waals surface area contributed by atoms with Crippen molar-refractivity contribution in [2.45, 2.75) is 19.6 Å². The molecule has 1 unspecified atom stereocenters. The molecule has 0 heterocycles. The fourth-order valence-corrected chi connectivity index (χ4v) is 1.03. The predicted molar refractivity (Wildman–Crippen MR) is 43.9 cm³/mol. The van der Waals surface area contributed by atoms with Crippen molar-refractivity contribution in [2.75, 3.05) is 6.61 Å². The van der Waals surface area contributed by atoms with Crippen LogP contribution in [0.3, 0.4) is 0 Å². The van der Waals surface area contributed by atoms with E-state index in [4.69, 9.17) is 9.99 Å². The Bertz CT molecular complexity index is 234. The van der Waals surface area contributed by atoms with Crippen molar-refractivity contribution in [1.29, 1.82) is 0 Å². The molecule has 0 fully saturated rings. The first-order valence-corrected chi connectivity index (χ1v) is 4.87. The zero-order valence-corrected chi connectivity index (χ0v) is 7.99. The second kappa shape index (κ2) is 6.06. The maximum atomic E-state index is 10.5. The lowest BCUT2D eigenvalue weighted by atomic mass is 10.5. The van der Waals surface area contributed by atoms with E-state index < -0.39 is 16.7 Å². The van der Waals surface area contributed by atoms with Crippen molar-refractivity contribution in [2.24, 2.45) is 0 Å². The third kappa shape index (κ3) is 5.72. The van der Waals surface area contributed by atoms with Crippen LogP contribution in [-0.2, 0) is 23.7 Å². The van der Waals surface area contributed by atoms with Crippen molar-refractivity contribution >= 4 is 10.4 Å². The van der Waals surface area contributed by atoms with Crippen LogP contribution in [-0.4, -0.2) is 26.6 Å². The Morgan fingerprint density at radius 3 is 2.62 bits per heavy atom. The minimum absolute atomic E-state index is 0.152. The Morgan fingerprint density at radius 1 is 1.62 bits per heavy atom. The molecule has 0 aromatic rings. The number of rotatable bonds is 7. The summed E-state index contributed by atoms with van der Waals surface area (Å²) in [6, 6.07) is 0. The van der Waals surface area contributed by atoms with Crippen LogP contribution < -0.4 is 0 Å². The third-order valence-electron chi connectivity index (χ3n) is 1.05. The van der Waals surface area contributed by atoms with E-state index in [1.807, 2.05) is 0 Å². The summed E-state index contributed by atoms with van der Waals surface area (Å²) in [6.45, 7) is 5.18. The average molecular weight is 212 g/mol. The van der Waals surface area contributed by atoms with Gasteiger partial charge in [0, 0.05) is 0 Å². The Balaban J connectivity index is 4.04. The molecule has 0 aromatic heterocycles. The normalized spacial score (nSPS) is 14.0. The zero-order valence-electron chi connectivity index (χ0n) is 7.17. The molecule has 0 bridgehead atoms. The summed E-state index contributed by atoms with van der Waals surface area (Å²) < 4.78 is 33.3. The van der Waals surface area contributed by atoms with E-state index >= 15 is 0 Å². The summed E-state index contributed by atoms with van der Waals surface area (Å²) in [7, 11) is -4.36. The first-order chi connectivity index (χ1) is 6.05. The van der Waals surface area contributed by atoms with Crippen LogP contribution >= 0.6 is 0 Å². The Labute approximate surface area is 77.0 Å². The van der Waals surface area contributed by atoms with Gasteiger partial charge in [0.05, 0.1) is 6.61 Å². The van der Waals surface area contributed by atoms with Gasteiger partial charge in [0.15, 0.2) is 6.29 Å². The van der Waals surface area contributed by atoms with Crippen molar-refractivity contribution in [3.8, 4) is 0 Å². The van der Waals surface area contributed by atoms with Gasteiger partial charge in [0.2, 0.25) is 0 Å². The van der Waals surface area contributed by atoms with Gasteiger partial charge in [-0.05, 0) is 6.42 Å². The second-order valence-corrected chi connectivity index (χ2v) is 3.20. The molecule has 1 atom stereocenters. The fraction of sp³-hybridized carbons (Fsp3) is 0.667. The van der Waals surface area contributed by atoms with Gasteiger partial charge in [-0.3, -0.25) is 0 Å². The molecule has 7 heteroatoms. The quantitative estimate of drug-likeness (QED) is 0.289. The molecule has 0 saturated heterocycles. The molecule has 0 saturated carbocycles. The van der Waals surface area contributed by atoms with Gasteiger partial charge in [0.25, 0.3) is 0 Å². The molecule has 1 N–H and O–H groups in total. The SMILES string of the molecule is C=CCOC(CC)OS(=O)(=O)OO. The van der Waals surface area contributed by atoms with Gasteiger partial charge in [-0.25, -0.2) is 9.44 Å². The topological polar surface area (TPSA) is 82.1 Å². The molecule has 0 aliphatic carbocycles. The highest BCUT2D eigenvalue weighted by Gasteiger charge is 2.18. The maximum absolute atomic E-state index is 10.5. The van der Waals surface area contributed by atoms with E-state index in [1.54, 1.807) is 6.92 Å².